The molecule has 2 heterocycles. The molecule has 1 unspecified atom stereocenters. The van der Waals surface area contributed by atoms with E-state index in [1.807, 2.05) is 12.1 Å². The molecule has 0 saturated carbocycles. The summed E-state index contributed by atoms with van der Waals surface area (Å²) in [6.45, 7) is 1.32. The van der Waals surface area contributed by atoms with Crippen LogP contribution >= 0.6 is 0 Å². The number of nitrogens with zero attached hydrogens (tertiary/aromatic N) is 2. The smallest absolute Gasteiger partial charge is 0.146 e. The minimum Gasteiger partial charge on any atom is -0.396 e. The van der Waals surface area contributed by atoms with Crippen molar-refractivity contribution >= 4 is 11.5 Å². The summed E-state index contributed by atoms with van der Waals surface area (Å²) in [5.74, 6) is 0.610. The molecular weight excluding hydrogens is 202 g/mol. The molecule has 1 aliphatic heterocycles. The minimum absolute atomic E-state index is 0.271. The monoisotopic (exact) mass is 221 g/mol. The zero-order chi connectivity index (χ0) is 11.4. The third-order valence-corrected chi connectivity index (χ3v) is 3.20. The summed E-state index contributed by atoms with van der Waals surface area (Å²) < 4.78 is 0. The highest BCUT2D eigenvalue weighted by atomic mass is 16.2. The van der Waals surface area contributed by atoms with E-state index in [2.05, 4.69) is 9.88 Å². The van der Waals surface area contributed by atoms with Gasteiger partial charge in [-0.05, 0) is 37.8 Å². The van der Waals surface area contributed by atoms with E-state index in [9.17, 15) is 0 Å². The third-order valence-electron chi connectivity index (χ3n) is 3.20. The summed E-state index contributed by atoms with van der Waals surface area (Å²) in [6, 6.07) is 4.46. The summed E-state index contributed by atoms with van der Waals surface area (Å²) in [7, 11) is 0. The second kappa shape index (κ2) is 5.16. The van der Waals surface area contributed by atoms with E-state index < -0.39 is 0 Å². The summed E-state index contributed by atoms with van der Waals surface area (Å²) in [4.78, 5) is 6.46. The van der Waals surface area contributed by atoms with E-state index in [4.69, 9.17) is 10.8 Å². The number of hydrogen-bond donors (Lipinski definition) is 2. The average Bonchev–Trinajstić information content (AvgIpc) is 2.75. The molecule has 1 aromatic rings. The number of aliphatic hydroxyl groups is 1. The summed E-state index contributed by atoms with van der Waals surface area (Å²) in [5.41, 5.74) is 6.93. The largest absolute Gasteiger partial charge is 0.396 e. The Bertz CT molecular complexity index is 343. The standard InChI is InChI=1S/C12H19N3O/c13-12-11(6-1-7-14-12)15-8-2-4-10(15)5-3-9-16/h1,6-7,10,16H,2-5,8-9H2,(H2,13,14). The molecule has 0 aliphatic carbocycles. The van der Waals surface area contributed by atoms with Crippen LogP contribution in [0.2, 0.25) is 0 Å². The van der Waals surface area contributed by atoms with Crippen LogP contribution in [0.25, 0.3) is 0 Å². The first kappa shape index (κ1) is 11.2. The van der Waals surface area contributed by atoms with Crippen LogP contribution in [-0.2, 0) is 0 Å². The molecule has 1 fully saturated rings. The molecule has 0 amide bonds. The fraction of sp³-hybridized carbons (Fsp3) is 0.583. The van der Waals surface area contributed by atoms with Gasteiger partial charge in [0.2, 0.25) is 0 Å². The highest BCUT2D eigenvalue weighted by Crippen LogP contribution is 2.30. The Balaban J connectivity index is 2.10. The first-order chi connectivity index (χ1) is 7.83. The van der Waals surface area contributed by atoms with Crippen LogP contribution in [0.1, 0.15) is 25.7 Å². The zero-order valence-electron chi connectivity index (χ0n) is 9.47. The maximum absolute atomic E-state index is 8.88. The molecular formula is C12H19N3O. The topological polar surface area (TPSA) is 62.4 Å². The van der Waals surface area contributed by atoms with Crippen LogP contribution in [0, 0.1) is 0 Å². The van der Waals surface area contributed by atoms with Crippen LogP contribution in [0.4, 0.5) is 11.5 Å². The molecule has 0 bridgehead atoms. The second-order valence-corrected chi connectivity index (χ2v) is 4.26. The molecule has 4 nitrogen and oxygen atoms in total. The van der Waals surface area contributed by atoms with Crippen LogP contribution in [0.5, 0.6) is 0 Å². The highest BCUT2D eigenvalue weighted by Gasteiger charge is 2.25. The molecule has 0 radical (unpaired) electrons. The molecule has 0 aromatic carbocycles. The summed E-state index contributed by atoms with van der Waals surface area (Å²) >= 11 is 0. The van der Waals surface area contributed by atoms with Gasteiger partial charge in [0.15, 0.2) is 0 Å². The van der Waals surface area contributed by atoms with E-state index in [-0.39, 0.29) is 6.61 Å². The first-order valence-corrected chi connectivity index (χ1v) is 5.91. The van der Waals surface area contributed by atoms with E-state index >= 15 is 0 Å². The third kappa shape index (κ3) is 2.27. The lowest BCUT2D eigenvalue weighted by Crippen LogP contribution is -2.30. The molecule has 3 N–H and O–H groups in total. The summed E-state index contributed by atoms with van der Waals surface area (Å²) in [5, 5.41) is 8.88. The van der Waals surface area contributed by atoms with Gasteiger partial charge in [0.25, 0.3) is 0 Å². The Hall–Kier alpha value is -1.29. The number of pyridine rings is 1. The maximum Gasteiger partial charge on any atom is 0.146 e. The van der Waals surface area contributed by atoms with Gasteiger partial charge in [0.1, 0.15) is 5.82 Å². The number of hydrogen-bond acceptors (Lipinski definition) is 4. The van der Waals surface area contributed by atoms with Crippen molar-refractivity contribution < 1.29 is 5.11 Å². The number of nitrogen functional groups attached to an aromatic ring is 1. The van der Waals surface area contributed by atoms with Gasteiger partial charge in [-0.1, -0.05) is 0 Å². The minimum atomic E-state index is 0.271. The van der Waals surface area contributed by atoms with Crippen molar-refractivity contribution in [2.75, 3.05) is 23.8 Å². The van der Waals surface area contributed by atoms with Gasteiger partial charge >= 0.3 is 0 Å². The SMILES string of the molecule is Nc1ncccc1N1CCCC1CCCO. The molecule has 1 aliphatic rings. The van der Waals surface area contributed by atoms with Gasteiger partial charge in [-0.2, -0.15) is 0 Å². The number of aliphatic hydroxyl groups excluding tert-OH is 1. The van der Waals surface area contributed by atoms with E-state index in [0.717, 1.165) is 25.1 Å². The summed E-state index contributed by atoms with van der Waals surface area (Å²) in [6.07, 6.45) is 6.00. The zero-order valence-corrected chi connectivity index (χ0v) is 9.47. The Morgan fingerprint density at radius 1 is 1.56 bits per heavy atom. The predicted molar refractivity (Wildman–Crippen MR) is 65.3 cm³/mol. The first-order valence-electron chi connectivity index (χ1n) is 5.91. The molecule has 4 heteroatoms. The number of aromatic nitrogens is 1. The quantitative estimate of drug-likeness (QED) is 0.807. The highest BCUT2D eigenvalue weighted by molar-refractivity contribution is 5.63. The molecule has 88 valence electrons. The predicted octanol–water partition coefficient (Wildman–Crippen LogP) is 1.41. The number of anilines is 2. The lowest BCUT2D eigenvalue weighted by molar-refractivity contribution is 0.279. The Labute approximate surface area is 96.1 Å². The van der Waals surface area contributed by atoms with Crippen molar-refractivity contribution in [1.82, 2.24) is 4.98 Å². The Morgan fingerprint density at radius 2 is 2.44 bits per heavy atom. The Kier molecular flexibility index (Phi) is 3.62. The van der Waals surface area contributed by atoms with Crippen LogP contribution in [-0.4, -0.2) is 29.3 Å². The van der Waals surface area contributed by atoms with Gasteiger partial charge in [-0.3, -0.25) is 0 Å². The molecule has 1 aromatic heterocycles. The van der Waals surface area contributed by atoms with E-state index in [1.165, 1.54) is 12.8 Å². The maximum atomic E-state index is 8.88. The van der Waals surface area contributed by atoms with E-state index in [1.54, 1.807) is 6.20 Å². The molecule has 16 heavy (non-hydrogen) atoms. The van der Waals surface area contributed by atoms with Crippen molar-refractivity contribution in [3.63, 3.8) is 0 Å². The van der Waals surface area contributed by atoms with Gasteiger partial charge in [-0.25, -0.2) is 4.98 Å². The number of nitrogens with two attached hydrogens (primary N) is 1. The van der Waals surface area contributed by atoms with Gasteiger partial charge in [-0.15, -0.1) is 0 Å². The fourth-order valence-corrected chi connectivity index (χ4v) is 2.43. The fourth-order valence-electron chi connectivity index (χ4n) is 2.43. The lowest BCUT2D eigenvalue weighted by atomic mass is 10.1. The van der Waals surface area contributed by atoms with Crippen molar-refractivity contribution in [2.45, 2.75) is 31.7 Å². The van der Waals surface area contributed by atoms with Crippen molar-refractivity contribution in [2.24, 2.45) is 0 Å². The van der Waals surface area contributed by atoms with Crippen molar-refractivity contribution in [3.8, 4) is 0 Å². The van der Waals surface area contributed by atoms with Crippen molar-refractivity contribution in [1.29, 1.82) is 0 Å². The Morgan fingerprint density at radius 3 is 3.19 bits per heavy atom. The van der Waals surface area contributed by atoms with Crippen LogP contribution in [0.3, 0.4) is 0 Å². The molecule has 1 atom stereocenters. The lowest BCUT2D eigenvalue weighted by Gasteiger charge is -2.27. The van der Waals surface area contributed by atoms with Gasteiger partial charge in [0, 0.05) is 25.4 Å². The average molecular weight is 221 g/mol. The molecule has 2 rings (SSSR count). The van der Waals surface area contributed by atoms with Gasteiger partial charge in [0.05, 0.1) is 5.69 Å². The van der Waals surface area contributed by atoms with Crippen molar-refractivity contribution in [3.05, 3.63) is 18.3 Å². The molecule has 1 saturated heterocycles. The van der Waals surface area contributed by atoms with Crippen LogP contribution in [0.15, 0.2) is 18.3 Å². The van der Waals surface area contributed by atoms with Crippen LogP contribution < -0.4 is 10.6 Å². The number of rotatable bonds is 4. The van der Waals surface area contributed by atoms with Gasteiger partial charge < -0.3 is 15.7 Å². The molecule has 0 spiro atoms. The second-order valence-electron chi connectivity index (χ2n) is 4.26. The normalized spacial score (nSPS) is 20.3. The van der Waals surface area contributed by atoms with E-state index in [0.29, 0.717) is 11.9 Å².